The van der Waals surface area contributed by atoms with Crippen molar-refractivity contribution in [2.75, 3.05) is 5.75 Å². The van der Waals surface area contributed by atoms with Crippen LogP contribution in [0.3, 0.4) is 0 Å². The zero-order chi connectivity index (χ0) is 28.8. The Balaban J connectivity index is 2.18. The Hall–Kier alpha value is -0.350. The molecule has 5 atom stereocenters. The van der Waals surface area contributed by atoms with Crippen LogP contribution in [0.1, 0.15) is 83.4 Å². The number of alkyl halides is 1. The first-order chi connectivity index (χ1) is 17.6. The van der Waals surface area contributed by atoms with Crippen molar-refractivity contribution in [2.24, 2.45) is 0 Å². The molecule has 0 aliphatic carbocycles. The molecular weight excluding hydrogens is 532 g/mol. The Morgan fingerprint density at radius 2 is 1.95 bits per heavy atom. The number of hydrogen-bond donors (Lipinski definition) is 1. The van der Waals surface area contributed by atoms with Gasteiger partial charge in [-0.1, -0.05) is 48.9 Å². The second-order valence-corrected chi connectivity index (χ2v) is 16.1. The molecule has 0 bridgehead atoms. The first kappa shape index (κ1) is 31.2. The summed E-state index contributed by atoms with van der Waals surface area (Å²) in [5.74, 6) is 0.910. The average molecular weight is 581 g/mol. The molecule has 214 valence electrons. The summed E-state index contributed by atoms with van der Waals surface area (Å²) in [5, 5.41) is 2.57. The average Bonchev–Trinajstić information content (AvgIpc) is 3.07. The monoisotopic (exact) mass is 580 g/mol. The van der Waals surface area contributed by atoms with Crippen LogP contribution in [-0.4, -0.2) is 68.3 Å². The molecule has 0 aromatic carbocycles. The SMILES string of the molecule is [2H]CC1OC(N2C=CC(=O)NC2=C)C(F)C1OP(OC(C)(C)CCCSSC(C)(C)C)N(C(C)C)C(C)C. The molecule has 1 fully saturated rings. The molecular formula is C26H47FN3O4PS2. The number of rotatable bonds is 13. The standard InChI is InChI=1S/C26H47FN3O4PS2/c1-17(2)30(18(3)4)35(34-26(10,11)14-12-16-36-37-25(7,8)9)33-23-19(5)32-24(22(23)27)29-15-13-21(31)28-20(29)6/h13,15,17-19,22-24H,6,12,14,16H2,1-5,7-11H3,(H,28,31)/i5D. The molecule has 0 aromatic rings. The van der Waals surface area contributed by atoms with Crippen LogP contribution in [0.25, 0.3) is 0 Å². The van der Waals surface area contributed by atoms with E-state index in [1.54, 1.807) is 0 Å². The van der Waals surface area contributed by atoms with Gasteiger partial charge in [0.1, 0.15) is 11.9 Å². The van der Waals surface area contributed by atoms with Gasteiger partial charge in [-0.25, -0.2) is 9.06 Å². The van der Waals surface area contributed by atoms with Crippen molar-refractivity contribution in [3.05, 3.63) is 24.7 Å². The largest absolute Gasteiger partial charge is 0.349 e. The Labute approximate surface area is 234 Å². The summed E-state index contributed by atoms with van der Waals surface area (Å²) >= 11 is 0. The molecule has 5 unspecified atom stereocenters. The maximum Gasteiger partial charge on any atom is 0.260 e. The number of carbonyl (C=O) groups is 1. The van der Waals surface area contributed by atoms with Crippen LogP contribution in [0.15, 0.2) is 24.7 Å². The Morgan fingerprint density at radius 1 is 1.30 bits per heavy atom. The van der Waals surface area contributed by atoms with E-state index in [9.17, 15) is 4.79 Å². The van der Waals surface area contributed by atoms with Gasteiger partial charge < -0.3 is 24.0 Å². The highest BCUT2D eigenvalue weighted by Crippen LogP contribution is 2.53. The Morgan fingerprint density at radius 3 is 2.49 bits per heavy atom. The number of hydrogen-bond acceptors (Lipinski definition) is 8. The van der Waals surface area contributed by atoms with Crippen molar-refractivity contribution in [2.45, 2.75) is 129 Å². The molecule has 2 aliphatic heterocycles. The van der Waals surface area contributed by atoms with Crippen molar-refractivity contribution in [1.29, 1.82) is 0 Å². The third-order valence-corrected chi connectivity index (χ3v) is 11.4. The Kier molecular flexibility index (Phi) is 11.6. The van der Waals surface area contributed by atoms with E-state index in [1.807, 2.05) is 21.6 Å². The molecule has 2 rings (SSSR count). The van der Waals surface area contributed by atoms with Gasteiger partial charge in [-0.2, -0.15) is 0 Å². The highest BCUT2D eigenvalue weighted by atomic mass is 33.1. The Bertz CT molecular complexity index is 823. The zero-order valence-corrected chi connectivity index (χ0v) is 26.4. The van der Waals surface area contributed by atoms with Crippen LogP contribution in [0, 0.1) is 0 Å². The summed E-state index contributed by atoms with van der Waals surface area (Å²) in [6.07, 6.45) is 0.130. The highest BCUT2D eigenvalue weighted by molar-refractivity contribution is 8.77. The summed E-state index contributed by atoms with van der Waals surface area (Å²) in [5.41, 5.74) is -0.490. The van der Waals surface area contributed by atoms with Crippen LogP contribution in [-0.2, 0) is 18.6 Å². The second kappa shape index (κ2) is 13.8. The molecule has 2 heterocycles. The quantitative estimate of drug-likeness (QED) is 0.142. The van der Waals surface area contributed by atoms with E-state index in [0.29, 0.717) is 0 Å². The fraction of sp³-hybridized carbons (Fsp3) is 0.808. The van der Waals surface area contributed by atoms with Gasteiger partial charge in [0.25, 0.3) is 14.4 Å². The fourth-order valence-electron chi connectivity index (χ4n) is 4.00. The number of carbonyl (C=O) groups excluding carboxylic acids is 1. The number of halogens is 1. The lowest BCUT2D eigenvalue weighted by molar-refractivity contribution is -0.117. The topological polar surface area (TPSA) is 63.3 Å². The van der Waals surface area contributed by atoms with Gasteiger partial charge in [0.05, 0.1) is 11.7 Å². The molecule has 0 aromatic heterocycles. The minimum atomic E-state index is -1.67. The molecule has 0 radical (unpaired) electrons. The van der Waals surface area contributed by atoms with Crippen molar-refractivity contribution in [3.8, 4) is 0 Å². The van der Waals surface area contributed by atoms with E-state index in [4.69, 9.17) is 15.2 Å². The summed E-state index contributed by atoms with van der Waals surface area (Å²) in [7, 11) is 2.09. The van der Waals surface area contributed by atoms with Crippen LogP contribution in [0.2, 0.25) is 0 Å². The van der Waals surface area contributed by atoms with Crippen LogP contribution >= 0.6 is 30.1 Å². The number of amides is 1. The van der Waals surface area contributed by atoms with Crippen molar-refractivity contribution in [3.63, 3.8) is 0 Å². The molecule has 0 saturated carbocycles. The second-order valence-electron chi connectivity index (χ2n) is 11.5. The van der Waals surface area contributed by atoms with Crippen molar-refractivity contribution < 1.29 is 24.3 Å². The van der Waals surface area contributed by atoms with E-state index in [-0.39, 0.29) is 35.5 Å². The molecule has 1 amide bonds. The predicted molar refractivity (Wildman–Crippen MR) is 156 cm³/mol. The summed E-state index contributed by atoms with van der Waals surface area (Å²) in [6.45, 7) is 22.7. The van der Waals surface area contributed by atoms with Gasteiger partial charge in [0, 0.05) is 36.2 Å². The molecule has 11 heteroatoms. The smallest absolute Gasteiger partial charge is 0.260 e. The first-order valence-corrected chi connectivity index (χ1v) is 16.3. The van der Waals surface area contributed by atoms with Crippen LogP contribution in [0.5, 0.6) is 0 Å². The van der Waals surface area contributed by atoms with Gasteiger partial charge in [-0.05, 0) is 61.3 Å². The number of nitrogens with zero attached hydrogens (tertiary/aromatic N) is 2. The van der Waals surface area contributed by atoms with Gasteiger partial charge in [-0.3, -0.25) is 4.79 Å². The van der Waals surface area contributed by atoms with Crippen molar-refractivity contribution >= 4 is 36.0 Å². The lowest BCUT2D eigenvalue weighted by Crippen LogP contribution is -2.45. The molecule has 7 nitrogen and oxygen atoms in total. The third kappa shape index (κ3) is 9.96. The van der Waals surface area contributed by atoms with E-state index in [1.165, 1.54) is 17.2 Å². The maximum atomic E-state index is 16.0. The predicted octanol–water partition coefficient (Wildman–Crippen LogP) is 6.97. The van der Waals surface area contributed by atoms with Gasteiger partial charge in [0.15, 0.2) is 12.4 Å². The number of ether oxygens (including phenoxy) is 1. The summed E-state index contributed by atoms with van der Waals surface area (Å²) < 4.78 is 45.4. The van der Waals surface area contributed by atoms with Gasteiger partial charge in [0.2, 0.25) is 0 Å². The lowest BCUT2D eigenvalue weighted by atomic mass is 10.0. The van der Waals surface area contributed by atoms with E-state index >= 15 is 4.39 Å². The van der Waals surface area contributed by atoms with Crippen LogP contribution in [0.4, 0.5) is 4.39 Å². The van der Waals surface area contributed by atoms with E-state index in [2.05, 4.69) is 78.9 Å². The zero-order valence-electron chi connectivity index (χ0n) is 24.8. The minimum absolute atomic E-state index is 0.0984. The maximum absolute atomic E-state index is 16.0. The van der Waals surface area contributed by atoms with Gasteiger partial charge >= 0.3 is 0 Å². The summed E-state index contributed by atoms with van der Waals surface area (Å²) in [6, 6.07) is 0.197. The van der Waals surface area contributed by atoms with E-state index < -0.39 is 38.7 Å². The van der Waals surface area contributed by atoms with Crippen molar-refractivity contribution in [1.82, 2.24) is 14.9 Å². The fourth-order valence-corrected chi connectivity index (χ4v) is 8.34. The molecule has 1 N–H and O–H groups in total. The highest BCUT2D eigenvalue weighted by Gasteiger charge is 2.50. The molecule has 2 aliphatic rings. The molecule has 1 saturated heterocycles. The first-order valence-electron chi connectivity index (χ1n) is 13.6. The summed E-state index contributed by atoms with van der Waals surface area (Å²) in [4.78, 5) is 13.1. The van der Waals surface area contributed by atoms with Crippen LogP contribution < -0.4 is 5.32 Å². The lowest BCUT2D eigenvalue weighted by Gasteiger charge is -2.41. The minimum Gasteiger partial charge on any atom is -0.349 e. The van der Waals surface area contributed by atoms with E-state index in [0.717, 1.165) is 18.6 Å². The third-order valence-electron chi connectivity index (χ3n) is 5.61. The normalized spacial score (nSPS) is 26.4. The molecule has 37 heavy (non-hydrogen) atoms. The molecule has 0 spiro atoms. The van der Waals surface area contributed by atoms with Gasteiger partial charge in [-0.15, -0.1) is 0 Å². The number of nitrogens with one attached hydrogen (secondary N) is 1.